The van der Waals surface area contributed by atoms with Crippen LogP contribution in [0.5, 0.6) is 5.75 Å². The maximum Gasteiger partial charge on any atom is 0.165 e. The van der Waals surface area contributed by atoms with Crippen molar-refractivity contribution in [3.05, 3.63) is 28.5 Å². The number of methoxy groups -OCH3 is 1. The van der Waals surface area contributed by atoms with E-state index < -0.39 is 0 Å². The highest BCUT2D eigenvalue weighted by Crippen LogP contribution is 2.23. The van der Waals surface area contributed by atoms with Gasteiger partial charge in [-0.25, -0.2) is 4.39 Å². The molecule has 0 amide bonds. The van der Waals surface area contributed by atoms with Crippen molar-refractivity contribution < 1.29 is 13.9 Å². The fourth-order valence-electron chi connectivity index (χ4n) is 1.47. The fraction of sp³-hybridized carbons (Fsp3) is 0.538. The standard InChI is InChI=1S/C13H19BrFNO2/c1-10(9-16-6-3-7-17-2)18-13-8-11(14)4-5-12(13)15/h4-5,8,10,16H,3,6-7,9H2,1-2H3. The number of rotatable bonds is 8. The molecular weight excluding hydrogens is 301 g/mol. The number of nitrogens with one attached hydrogen (secondary N) is 1. The molecule has 0 bridgehead atoms. The molecule has 3 nitrogen and oxygen atoms in total. The monoisotopic (exact) mass is 319 g/mol. The first-order valence-corrected chi connectivity index (χ1v) is 6.74. The van der Waals surface area contributed by atoms with Crippen molar-refractivity contribution in [3.8, 4) is 5.75 Å². The Kier molecular flexibility index (Phi) is 7.23. The van der Waals surface area contributed by atoms with Crippen LogP contribution >= 0.6 is 15.9 Å². The predicted octanol–water partition coefficient (Wildman–Crippen LogP) is 2.98. The van der Waals surface area contributed by atoms with E-state index in [0.717, 1.165) is 24.0 Å². The Morgan fingerprint density at radius 1 is 1.44 bits per heavy atom. The van der Waals surface area contributed by atoms with Crippen LogP contribution in [0.4, 0.5) is 4.39 Å². The molecule has 5 heteroatoms. The van der Waals surface area contributed by atoms with Gasteiger partial charge in [-0.3, -0.25) is 0 Å². The van der Waals surface area contributed by atoms with Gasteiger partial charge in [-0.2, -0.15) is 0 Å². The molecule has 0 spiro atoms. The lowest BCUT2D eigenvalue weighted by molar-refractivity contribution is 0.186. The largest absolute Gasteiger partial charge is 0.486 e. The summed E-state index contributed by atoms with van der Waals surface area (Å²) in [4.78, 5) is 0. The predicted molar refractivity (Wildman–Crippen MR) is 73.6 cm³/mol. The molecule has 1 unspecified atom stereocenters. The number of hydrogen-bond acceptors (Lipinski definition) is 3. The van der Waals surface area contributed by atoms with Crippen LogP contribution in [-0.2, 0) is 4.74 Å². The Labute approximate surface area is 116 Å². The average Bonchev–Trinajstić information content (AvgIpc) is 2.33. The number of benzene rings is 1. The highest BCUT2D eigenvalue weighted by molar-refractivity contribution is 9.10. The lowest BCUT2D eigenvalue weighted by atomic mass is 10.3. The van der Waals surface area contributed by atoms with E-state index >= 15 is 0 Å². The zero-order valence-electron chi connectivity index (χ0n) is 10.7. The molecule has 18 heavy (non-hydrogen) atoms. The van der Waals surface area contributed by atoms with E-state index in [9.17, 15) is 4.39 Å². The van der Waals surface area contributed by atoms with Crippen LogP contribution in [0, 0.1) is 5.82 Å². The van der Waals surface area contributed by atoms with Gasteiger partial charge in [0.2, 0.25) is 0 Å². The number of ether oxygens (including phenoxy) is 2. The minimum absolute atomic E-state index is 0.0867. The van der Waals surface area contributed by atoms with E-state index in [2.05, 4.69) is 21.2 Å². The summed E-state index contributed by atoms with van der Waals surface area (Å²) < 4.78 is 24.7. The zero-order chi connectivity index (χ0) is 13.4. The Morgan fingerprint density at radius 2 is 2.22 bits per heavy atom. The van der Waals surface area contributed by atoms with Gasteiger partial charge in [-0.15, -0.1) is 0 Å². The molecule has 1 N–H and O–H groups in total. The van der Waals surface area contributed by atoms with Crippen molar-refractivity contribution >= 4 is 15.9 Å². The lowest BCUT2D eigenvalue weighted by Crippen LogP contribution is -2.30. The van der Waals surface area contributed by atoms with Gasteiger partial charge in [0, 0.05) is 24.7 Å². The van der Waals surface area contributed by atoms with Gasteiger partial charge in [0.1, 0.15) is 6.10 Å². The molecule has 0 aromatic heterocycles. The van der Waals surface area contributed by atoms with Gasteiger partial charge >= 0.3 is 0 Å². The number of hydrogen-bond donors (Lipinski definition) is 1. The van der Waals surface area contributed by atoms with E-state index in [4.69, 9.17) is 9.47 Å². The van der Waals surface area contributed by atoms with Crippen LogP contribution < -0.4 is 10.1 Å². The van der Waals surface area contributed by atoms with Crippen LogP contribution in [0.1, 0.15) is 13.3 Å². The SMILES string of the molecule is COCCCNCC(C)Oc1cc(Br)ccc1F. The van der Waals surface area contributed by atoms with E-state index in [1.807, 2.05) is 6.92 Å². The Morgan fingerprint density at radius 3 is 2.94 bits per heavy atom. The van der Waals surface area contributed by atoms with E-state index in [-0.39, 0.29) is 17.7 Å². The maximum atomic E-state index is 13.4. The molecule has 0 aliphatic rings. The second-order valence-corrected chi connectivity index (χ2v) is 4.97. The molecule has 0 aliphatic carbocycles. The Bertz CT molecular complexity index is 363. The molecule has 0 fully saturated rings. The summed E-state index contributed by atoms with van der Waals surface area (Å²) in [5, 5.41) is 3.24. The van der Waals surface area contributed by atoms with E-state index in [0.29, 0.717) is 6.54 Å². The van der Waals surface area contributed by atoms with Crippen molar-refractivity contribution in [2.24, 2.45) is 0 Å². The van der Waals surface area contributed by atoms with Gasteiger partial charge in [0.15, 0.2) is 11.6 Å². The molecule has 1 rings (SSSR count). The summed E-state index contributed by atoms with van der Waals surface area (Å²) in [6, 6.07) is 4.67. The first-order valence-electron chi connectivity index (χ1n) is 5.95. The molecule has 0 saturated carbocycles. The Balaban J connectivity index is 2.30. The zero-order valence-corrected chi connectivity index (χ0v) is 12.3. The summed E-state index contributed by atoms with van der Waals surface area (Å²) in [6.07, 6.45) is 0.866. The van der Waals surface area contributed by atoms with Gasteiger partial charge in [-0.05, 0) is 38.1 Å². The normalized spacial score (nSPS) is 12.4. The summed E-state index contributed by atoms with van der Waals surface area (Å²) in [7, 11) is 1.68. The van der Waals surface area contributed by atoms with Gasteiger partial charge in [0.05, 0.1) is 0 Å². The summed E-state index contributed by atoms with van der Waals surface area (Å²) >= 11 is 3.29. The van der Waals surface area contributed by atoms with Gasteiger partial charge in [-0.1, -0.05) is 15.9 Å². The first-order chi connectivity index (χ1) is 8.63. The minimum atomic E-state index is -0.343. The van der Waals surface area contributed by atoms with Crippen LogP contribution in [0.2, 0.25) is 0 Å². The minimum Gasteiger partial charge on any atom is -0.486 e. The first kappa shape index (κ1) is 15.4. The maximum absolute atomic E-state index is 13.4. The summed E-state index contributed by atoms with van der Waals surface area (Å²) in [6.45, 7) is 4.18. The van der Waals surface area contributed by atoms with Crippen molar-refractivity contribution in [2.75, 3.05) is 26.8 Å². The topological polar surface area (TPSA) is 30.5 Å². The third-order valence-electron chi connectivity index (χ3n) is 2.36. The van der Waals surface area contributed by atoms with Crippen molar-refractivity contribution in [1.29, 1.82) is 0 Å². The van der Waals surface area contributed by atoms with Gasteiger partial charge in [0.25, 0.3) is 0 Å². The van der Waals surface area contributed by atoms with Crippen LogP contribution in [0.25, 0.3) is 0 Å². The fourth-order valence-corrected chi connectivity index (χ4v) is 1.81. The molecule has 0 saturated heterocycles. The van der Waals surface area contributed by atoms with E-state index in [1.165, 1.54) is 6.07 Å². The Hall–Kier alpha value is -0.650. The van der Waals surface area contributed by atoms with Crippen molar-refractivity contribution in [3.63, 3.8) is 0 Å². The quantitative estimate of drug-likeness (QED) is 0.747. The van der Waals surface area contributed by atoms with E-state index in [1.54, 1.807) is 19.2 Å². The molecule has 1 atom stereocenters. The lowest BCUT2D eigenvalue weighted by Gasteiger charge is -2.16. The van der Waals surface area contributed by atoms with Crippen molar-refractivity contribution in [1.82, 2.24) is 5.32 Å². The van der Waals surface area contributed by atoms with Crippen molar-refractivity contribution in [2.45, 2.75) is 19.4 Å². The average molecular weight is 320 g/mol. The molecule has 1 aromatic rings. The third kappa shape index (κ3) is 5.80. The highest BCUT2D eigenvalue weighted by atomic mass is 79.9. The molecular formula is C13H19BrFNO2. The third-order valence-corrected chi connectivity index (χ3v) is 2.85. The van der Waals surface area contributed by atoms with Gasteiger partial charge < -0.3 is 14.8 Å². The summed E-state index contributed by atoms with van der Waals surface area (Å²) in [5.41, 5.74) is 0. The second-order valence-electron chi connectivity index (χ2n) is 4.05. The second kappa shape index (κ2) is 8.45. The molecule has 1 aromatic carbocycles. The molecule has 0 aliphatic heterocycles. The molecule has 0 radical (unpaired) electrons. The van der Waals surface area contributed by atoms with Crippen LogP contribution in [0.15, 0.2) is 22.7 Å². The number of halogens is 2. The smallest absolute Gasteiger partial charge is 0.165 e. The van der Waals surface area contributed by atoms with Crippen LogP contribution in [-0.4, -0.2) is 32.9 Å². The summed E-state index contributed by atoms with van der Waals surface area (Å²) in [5.74, 6) is -0.0694. The highest BCUT2D eigenvalue weighted by Gasteiger charge is 2.08. The molecule has 0 heterocycles. The van der Waals surface area contributed by atoms with Crippen LogP contribution in [0.3, 0.4) is 0 Å². The molecule has 102 valence electrons.